The molecule has 0 aliphatic heterocycles. The van der Waals surface area contributed by atoms with Gasteiger partial charge in [-0.25, -0.2) is 4.57 Å². The van der Waals surface area contributed by atoms with Crippen molar-refractivity contribution in [1.82, 2.24) is 0 Å². The zero-order valence-electron chi connectivity index (χ0n) is 2.74. The first-order valence-electron chi connectivity index (χ1n) is 0.876. The van der Waals surface area contributed by atoms with Gasteiger partial charge in [0, 0.05) is 0 Å². The van der Waals surface area contributed by atoms with E-state index in [2.05, 4.69) is 0 Å². The summed E-state index contributed by atoms with van der Waals surface area (Å²) in [5, 5.41) is 6.89. The van der Waals surface area contributed by atoms with E-state index in [9.17, 15) is 0 Å². The van der Waals surface area contributed by atoms with E-state index in [4.69, 9.17) is 19.4 Å². The quantitative estimate of drug-likeness (QED) is 0.337. The molecular formula is CH3O4P. The largest absolute Gasteiger partial charge is 0.483 e. The SMILES string of the molecule is O=CO.O=PO. The van der Waals surface area contributed by atoms with E-state index in [0.29, 0.717) is 0 Å². The maximum atomic E-state index is 8.46. The highest BCUT2D eigenvalue weighted by Gasteiger charge is 1.28. The molecule has 0 aromatic rings. The van der Waals surface area contributed by atoms with Crippen molar-refractivity contribution in [2.75, 3.05) is 0 Å². The van der Waals surface area contributed by atoms with Gasteiger partial charge in [-0.3, -0.25) is 4.79 Å². The second kappa shape index (κ2) is 24.1. The highest BCUT2D eigenvalue weighted by molar-refractivity contribution is 7.16. The highest BCUT2D eigenvalue weighted by Crippen LogP contribution is 1.66. The van der Waals surface area contributed by atoms with Crippen molar-refractivity contribution < 1.29 is 19.4 Å². The molecule has 0 bridgehead atoms. The minimum Gasteiger partial charge on any atom is -0.483 e. The third-order valence-electron chi connectivity index (χ3n) is 0. The Bertz CT molecular complexity index is 28.5. The second-order valence-electron chi connectivity index (χ2n) is 0.187. The molecule has 5 heteroatoms. The Labute approximate surface area is 35.7 Å². The molecule has 0 fully saturated rings. The average molecular weight is 110 g/mol. The zero-order valence-corrected chi connectivity index (χ0v) is 3.63. The monoisotopic (exact) mass is 110 g/mol. The summed E-state index contributed by atoms with van der Waals surface area (Å²) in [7, 11) is -0.833. The van der Waals surface area contributed by atoms with Gasteiger partial charge in [-0.1, -0.05) is 0 Å². The predicted molar refractivity (Wildman–Crippen MR) is 18.5 cm³/mol. The third kappa shape index (κ3) is 102. The van der Waals surface area contributed by atoms with Crippen LogP contribution in [-0.4, -0.2) is 16.5 Å². The van der Waals surface area contributed by atoms with Gasteiger partial charge in [0.25, 0.3) is 6.47 Å². The van der Waals surface area contributed by atoms with Crippen LogP contribution in [-0.2, 0) is 9.36 Å². The molecule has 0 aliphatic rings. The molecule has 0 radical (unpaired) electrons. The van der Waals surface area contributed by atoms with Crippen molar-refractivity contribution in [2.24, 2.45) is 0 Å². The van der Waals surface area contributed by atoms with E-state index in [1.54, 1.807) is 0 Å². The van der Waals surface area contributed by atoms with Gasteiger partial charge in [0.05, 0.1) is 0 Å². The smallest absolute Gasteiger partial charge is 0.324 e. The number of carbonyl (C=O) groups is 1. The predicted octanol–water partition coefficient (Wildman–Crippen LogP) is -0.114. The lowest BCUT2D eigenvalue weighted by molar-refractivity contribution is -0.122. The Hall–Kier alpha value is -0.470. The fourth-order valence-electron chi connectivity index (χ4n) is 0. The van der Waals surface area contributed by atoms with Gasteiger partial charge in [-0.15, -0.1) is 0 Å². The van der Waals surface area contributed by atoms with E-state index in [-0.39, 0.29) is 6.47 Å². The minimum absolute atomic E-state index is 0.250. The van der Waals surface area contributed by atoms with Crippen molar-refractivity contribution in [3.05, 3.63) is 0 Å². The molecule has 0 rings (SSSR count). The van der Waals surface area contributed by atoms with Crippen molar-refractivity contribution in [1.29, 1.82) is 0 Å². The molecule has 0 aliphatic carbocycles. The van der Waals surface area contributed by atoms with Crippen molar-refractivity contribution in [3.63, 3.8) is 0 Å². The van der Waals surface area contributed by atoms with Crippen LogP contribution in [0.5, 0.6) is 0 Å². The summed E-state index contributed by atoms with van der Waals surface area (Å²) >= 11 is 0. The van der Waals surface area contributed by atoms with E-state index >= 15 is 0 Å². The summed E-state index contributed by atoms with van der Waals surface area (Å²) in [5.74, 6) is 0. The molecule has 6 heavy (non-hydrogen) atoms. The molecule has 0 saturated carbocycles. The van der Waals surface area contributed by atoms with Crippen LogP contribution in [0.1, 0.15) is 0 Å². The van der Waals surface area contributed by atoms with Crippen LogP contribution in [0.2, 0.25) is 0 Å². The topological polar surface area (TPSA) is 74.6 Å². The van der Waals surface area contributed by atoms with Crippen LogP contribution in [0.15, 0.2) is 0 Å². The van der Waals surface area contributed by atoms with Crippen molar-refractivity contribution in [2.45, 2.75) is 0 Å². The van der Waals surface area contributed by atoms with Gasteiger partial charge in [0.1, 0.15) is 0 Å². The van der Waals surface area contributed by atoms with Crippen LogP contribution < -0.4 is 0 Å². The minimum atomic E-state index is -0.833. The zero-order chi connectivity index (χ0) is 5.41. The molecule has 0 atom stereocenters. The summed E-state index contributed by atoms with van der Waals surface area (Å²) in [6, 6.07) is 0. The first-order chi connectivity index (χ1) is 2.83. The van der Waals surface area contributed by atoms with Gasteiger partial charge in [-0.05, 0) is 0 Å². The van der Waals surface area contributed by atoms with Gasteiger partial charge < -0.3 is 10.00 Å². The van der Waals surface area contributed by atoms with Crippen LogP contribution in [0, 0.1) is 0 Å². The molecular weight excluding hydrogens is 107 g/mol. The Kier molecular flexibility index (Phi) is 36.6. The number of carboxylic acid groups (broad SMARTS) is 1. The second-order valence-corrected chi connectivity index (χ2v) is 0.350. The molecule has 0 aromatic heterocycles. The highest BCUT2D eigenvalue weighted by atomic mass is 31.1. The molecule has 4 nitrogen and oxygen atoms in total. The summed E-state index contributed by atoms with van der Waals surface area (Å²) < 4.78 is 8.46. The first-order valence-corrected chi connectivity index (χ1v) is 1.64. The van der Waals surface area contributed by atoms with Gasteiger partial charge in [-0.2, -0.15) is 0 Å². The van der Waals surface area contributed by atoms with E-state index in [1.165, 1.54) is 0 Å². The van der Waals surface area contributed by atoms with Crippen molar-refractivity contribution >= 4 is 15.2 Å². The lowest BCUT2D eigenvalue weighted by Gasteiger charge is -1.34. The standard InChI is InChI=1S/CH2O2.HO2P/c2-1-3;1-3-2/h1H,(H,2,3);(H,1,2). The molecule has 0 unspecified atom stereocenters. The molecule has 0 heterocycles. The number of rotatable bonds is 0. The summed E-state index contributed by atoms with van der Waals surface area (Å²) in [5.41, 5.74) is 0. The van der Waals surface area contributed by atoms with E-state index in [1.807, 2.05) is 0 Å². The van der Waals surface area contributed by atoms with Gasteiger partial charge in [0.15, 0.2) is 0 Å². The Morgan fingerprint density at radius 1 is 1.67 bits per heavy atom. The van der Waals surface area contributed by atoms with Crippen molar-refractivity contribution in [3.8, 4) is 0 Å². The molecule has 0 aromatic carbocycles. The molecule has 0 amide bonds. The lowest BCUT2D eigenvalue weighted by atomic mass is 11.7. The number of hydrogen-bond acceptors (Lipinski definition) is 2. The third-order valence-corrected chi connectivity index (χ3v) is 0. The Morgan fingerprint density at radius 3 is 1.67 bits per heavy atom. The first kappa shape index (κ1) is 9.11. The molecule has 0 spiro atoms. The number of hydrogen-bond donors (Lipinski definition) is 2. The summed E-state index contributed by atoms with van der Waals surface area (Å²) in [6.45, 7) is -0.250. The molecule has 0 saturated heterocycles. The molecule has 2 N–H and O–H groups in total. The fourth-order valence-corrected chi connectivity index (χ4v) is 0. The van der Waals surface area contributed by atoms with Crippen LogP contribution in [0.3, 0.4) is 0 Å². The normalized spacial score (nSPS) is 5.50. The van der Waals surface area contributed by atoms with E-state index < -0.39 is 8.69 Å². The summed E-state index contributed by atoms with van der Waals surface area (Å²) in [6.07, 6.45) is 0. The maximum absolute atomic E-state index is 8.46. The lowest BCUT2D eigenvalue weighted by Crippen LogP contribution is -1.49. The Balaban J connectivity index is 0. The molecule has 36 valence electrons. The average Bonchev–Trinajstić information content (AvgIpc) is 1.39. The maximum Gasteiger partial charge on any atom is 0.324 e. The van der Waals surface area contributed by atoms with Crippen LogP contribution in [0.25, 0.3) is 0 Å². The van der Waals surface area contributed by atoms with E-state index in [0.717, 1.165) is 0 Å². The van der Waals surface area contributed by atoms with Crippen LogP contribution >= 0.6 is 8.69 Å². The summed E-state index contributed by atoms with van der Waals surface area (Å²) in [4.78, 5) is 15.3. The van der Waals surface area contributed by atoms with Crippen LogP contribution in [0.4, 0.5) is 0 Å². The Morgan fingerprint density at radius 2 is 1.67 bits per heavy atom. The van der Waals surface area contributed by atoms with Gasteiger partial charge in [0.2, 0.25) is 0 Å². The fraction of sp³-hybridized carbons (Fsp3) is 0. The van der Waals surface area contributed by atoms with Gasteiger partial charge >= 0.3 is 8.69 Å².